The Bertz CT molecular complexity index is 624. The molecule has 0 bridgehead atoms. The summed E-state index contributed by atoms with van der Waals surface area (Å²) in [7, 11) is 0. The zero-order valence-electron chi connectivity index (χ0n) is 16.2. The van der Waals surface area contributed by atoms with Crippen molar-refractivity contribution < 1.29 is 9.59 Å². The summed E-state index contributed by atoms with van der Waals surface area (Å²) >= 11 is 0. The highest BCUT2D eigenvalue weighted by Crippen LogP contribution is 2.23. The molecule has 1 saturated heterocycles. The Morgan fingerprint density at radius 3 is 2.65 bits per heavy atom. The Balaban J connectivity index is 1.86. The van der Waals surface area contributed by atoms with Crippen molar-refractivity contribution in [1.29, 1.82) is 0 Å². The summed E-state index contributed by atoms with van der Waals surface area (Å²) in [6.45, 7) is 7.67. The number of nitrogens with zero attached hydrogens (tertiary/aromatic N) is 1. The van der Waals surface area contributed by atoms with Gasteiger partial charge in [0, 0.05) is 36.9 Å². The first-order chi connectivity index (χ1) is 12.3. The molecule has 1 aromatic carbocycles. The number of carbonyl (C=O) groups is 2. The van der Waals surface area contributed by atoms with Crippen LogP contribution in [0.25, 0.3) is 0 Å². The van der Waals surface area contributed by atoms with Crippen molar-refractivity contribution >= 4 is 23.2 Å². The topological polar surface area (TPSA) is 87.5 Å². The minimum absolute atomic E-state index is 0.120. The van der Waals surface area contributed by atoms with Gasteiger partial charge in [0.2, 0.25) is 11.8 Å². The molecule has 2 amide bonds. The molecule has 1 aliphatic heterocycles. The third-order valence-corrected chi connectivity index (χ3v) is 4.76. The van der Waals surface area contributed by atoms with Gasteiger partial charge in [0.15, 0.2) is 0 Å². The molecule has 0 aliphatic carbocycles. The molecule has 26 heavy (non-hydrogen) atoms. The SMILES string of the molecule is CCCC(C)(N)C(=O)NC(C)CC(=O)Nc1cccc(N2CCCC2)c1. The summed E-state index contributed by atoms with van der Waals surface area (Å²) in [5.41, 5.74) is 7.06. The maximum atomic E-state index is 12.3. The van der Waals surface area contributed by atoms with Crippen LogP contribution in [0.3, 0.4) is 0 Å². The van der Waals surface area contributed by atoms with Gasteiger partial charge in [0.25, 0.3) is 0 Å². The molecule has 2 atom stereocenters. The van der Waals surface area contributed by atoms with Crippen molar-refractivity contribution in [3.05, 3.63) is 24.3 Å². The molecule has 2 unspecified atom stereocenters. The lowest BCUT2D eigenvalue weighted by molar-refractivity contribution is -0.127. The fourth-order valence-corrected chi connectivity index (χ4v) is 3.32. The third-order valence-electron chi connectivity index (χ3n) is 4.76. The Morgan fingerprint density at radius 2 is 2.00 bits per heavy atom. The average molecular weight is 361 g/mol. The van der Waals surface area contributed by atoms with Gasteiger partial charge in [-0.2, -0.15) is 0 Å². The number of carbonyl (C=O) groups excluding carboxylic acids is 2. The summed E-state index contributed by atoms with van der Waals surface area (Å²) in [5.74, 6) is -0.332. The molecule has 0 spiro atoms. The molecular weight excluding hydrogens is 328 g/mol. The van der Waals surface area contributed by atoms with Gasteiger partial charge in [-0.15, -0.1) is 0 Å². The Labute approximate surface area is 156 Å². The molecule has 0 radical (unpaired) electrons. The molecule has 1 fully saturated rings. The minimum atomic E-state index is -0.899. The number of amides is 2. The van der Waals surface area contributed by atoms with Gasteiger partial charge in [0.1, 0.15) is 0 Å². The van der Waals surface area contributed by atoms with Crippen molar-refractivity contribution in [3.63, 3.8) is 0 Å². The van der Waals surface area contributed by atoms with E-state index < -0.39 is 5.54 Å². The number of nitrogens with one attached hydrogen (secondary N) is 2. The van der Waals surface area contributed by atoms with Crippen LogP contribution in [0.5, 0.6) is 0 Å². The molecule has 1 heterocycles. The highest BCUT2D eigenvalue weighted by molar-refractivity contribution is 5.92. The van der Waals surface area contributed by atoms with Crippen LogP contribution in [-0.2, 0) is 9.59 Å². The molecule has 0 saturated carbocycles. The zero-order chi connectivity index (χ0) is 19.2. The standard InChI is InChI=1S/C20H32N4O2/c1-4-10-20(3,21)19(26)22-15(2)13-18(25)23-16-8-7-9-17(14-16)24-11-5-6-12-24/h7-9,14-15H,4-6,10-13,21H2,1-3H3,(H,22,26)(H,23,25). The first-order valence-corrected chi connectivity index (χ1v) is 9.56. The van der Waals surface area contributed by atoms with Gasteiger partial charge in [-0.05, 0) is 51.3 Å². The van der Waals surface area contributed by atoms with E-state index in [1.165, 1.54) is 12.8 Å². The van der Waals surface area contributed by atoms with E-state index in [1.54, 1.807) is 6.92 Å². The normalized spacial score (nSPS) is 17.5. The van der Waals surface area contributed by atoms with E-state index in [9.17, 15) is 9.59 Å². The van der Waals surface area contributed by atoms with Gasteiger partial charge in [-0.3, -0.25) is 9.59 Å². The molecule has 2 rings (SSSR count). The largest absolute Gasteiger partial charge is 0.371 e. The van der Waals surface area contributed by atoms with E-state index in [-0.39, 0.29) is 24.3 Å². The molecule has 0 aromatic heterocycles. The van der Waals surface area contributed by atoms with Crippen LogP contribution in [0.2, 0.25) is 0 Å². The third kappa shape index (κ3) is 5.73. The first kappa shape index (κ1) is 20.2. The number of nitrogens with two attached hydrogens (primary N) is 1. The van der Waals surface area contributed by atoms with Crippen molar-refractivity contribution in [2.75, 3.05) is 23.3 Å². The highest BCUT2D eigenvalue weighted by Gasteiger charge is 2.28. The Morgan fingerprint density at radius 1 is 1.31 bits per heavy atom. The maximum Gasteiger partial charge on any atom is 0.240 e. The minimum Gasteiger partial charge on any atom is -0.371 e. The van der Waals surface area contributed by atoms with E-state index in [2.05, 4.69) is 21.6 Å². The highest BCUT2D eigenvalue weighted by atomic mass is 16.2. The predicted octanol–water partition coefficient (Wildman–Crippen LogP) is 2.64. The van der Waals surface area contributed by atoms with Crippen LogP contribution in [-0.4, -0.2) is 36.5 Å². The summed E-state index contributed by atoms with van der Waals surface area (Å²) in [6.07, 6.45) is 4.09. The fourth-order valence-electron chi connectivity index (χ4n) is 3.32. The number of hydrogen-bond donors (Lipinski definition) is 3. The number of rotatable bonds is 8. The lowest BCUT2D eigenvalue weighted by atomic mass is 9.96. The second kappa shape index (κ2) is 9.03. The number of benzene rings is 1. The lowest BCUT2D eigenvalue weighted by Gasteiger charge is -2.25. The fraction of sp³-hybridized carbons (Fsp3) is 0.600. The van der Waals surface area contributed by atoms with E-state index in [0.717, 1.165) is 30.9 Å². The lowest BCUT2D eigenvalue weighted by Crippen LogP contribution is -2.54. The van der Waals surface area contributed by atoms with Crippen LogP contribution in [0.4, 0.5) is 11.4 Å². The van der Waals surface area contributed by atoms with E-state index in [0.29, 0.717) is 6.42 Å². The molecule has 4 N–H and O–H groups in total. The zero-order valence-corrected chi connectivity index (χ0v) is 16.2. The second-order valence-electron chi connectivity index (χ2n) is 7.54. The van der Waals surface area contributed by atoms with Crippen LogP contribution >= 0.6 is 0 Å². The van der Waals surface area contributed by atoms with E-state index in [1.807, 2.05) is 32.0 Å². The van der Waals surface area contributed by atoms with Crippen LogP contribution in [0, 0.1) is 0 Å². The molecular formula is C20H32N4O2. The molecule has 1 aliphatic rings. The maximum absolute atomic E-state index is 12.3. The molecule has 1 aromatic rings. The summed E-state index contributed by atoms with van der Waals surface area (Å²) in [6, 6.07) is 7.64. The Kier molecular flexibility index (Phi) is 7.03. The van der Waals surface area contributed by atoms with Crippen LogP contribution in [0.1, 0.15) is 52.9 Å². The van der Waals surface area contributed by atoms with Crippen molar-refractivity contribution in [2.45, 2.75) is 64.5 Å². The van der Waals surface area contributed by atoms with Gasteiger partial charge in [-0.25, -0.2) is 0 Å². The van der Waals surface area contributed by atoms with Crippen LogP contribution < -0.4 is 21.3 Å². The van der Waals surface area contributed by atoms with Crippen molar-refractivity contribution in [3.8, 4) is 0 Å². The van der Waals surface area contributed by atoms with Gasteiger partial charge < -0.3 is 21.3 Å². The van der Waals surface area contributed by atoms with Crippen molar-refractivity contribution in [2.24, 2.45) is 5.73 Å². The molecule has 6 nitrogen and oxygen atoms in total. The van der Waals surface area contributed by atoms with E-state index >= 15 is 0 Å². The van der Waals surface area contributed by atoms with Crippen molar-refractivity contribution in [1.82, 2.24) is 5.32 Å². The summed E-state index contributed by atoms with van der Waals surface area (Å²) in [5, 5.41) is 5.77. The van der Waals surface area contributed by atoms with Gasteiger partial charge in [-0.1, -0.05) is 19.4 Å². The number of hydrogen-bond acceptors (Lipinski definition) is 4. The summed E-state index contributed by atoms with van der Waals surface area (Å²) in [4.78, 5) is 26.9. The quantitative estimate of drug-likeness (QED) is 0.665. The molecule has 144 valence electrons. The Hall–Kier alpha value is -2.08. The van der Waals surface area contributed by atoms with E-state index in [4.69, 9.17) is 5.73 Å². The van der Waals surface area contributed by atoms with Gasteiger partial charge >= 0.3 is 0 Å². The predicted molar refractivity (Wildman–Crippen MR) is 106 cm³/mol. The molecule has 6 heteroatoms. The number of anilines is 2. The average Bonchev–Trinajstić information content (AvgIpc) is 3.09. The van der Waals surface area contributed by atoms with Crippen LogP contribution in [0.15, 0.2) is 24.3 Å². The summed E-state index contributed by atoms with van der Waals surface area (Å²) < 4.78 is 0. The first-order valence-electron chi connectivity index (χ1n) is 9.56. The smallest absolute Gasteiger partial charge is 0.240 e. The van der Waals surface area contributed by atoms with Gasteiger partial charge in [0.05, 0.1) is 5.54 Å². The monoisotopic (exact) mass is 360 g/mol. The second-order valence-corrected chi connectivity index (χ2v) is 7.54.